The number of carbonyl (C=O) groups is 1. The second-order valence-electron chi connectivity index (χ2n) is 5.61. The third-order valence-electron chi connectivity index (χ3n) is 3.18. The molecule has 2 atom stereocenters. The Morgan fingerprint density at radius 2 is 2.07 bits per heavy atom. The first-order chi connectivity index (χ1) is 6.78. The quantitative estimate of drug-likeness (QED) is 0.693. The average molecular weight is 213 g/mol. The number of likely N-dealkylation sites (tertiary alicyclic amines) is 1. The van der Waals surface area contributed by atoms with Crippen LogP contribution < -0.4 is 11.5 Å². The van der Waals surface area contributed by atoms with Gasteiger partial charge in [0.25, 0.3) is 0 Å². The lowest BCUT2D eigenvalue weighted by molar-refractivity contribution is -0.130. The molecule has 4 heteroatoms. The van der Waals surface area contributed by atoms with Crippen LogP contribution in [0, 0.1) is 5.41 Å². The maximum Gasteiger partial charge on any atom is 0.224 e. The summed E-state index contributed by atoms with van der Waals surface area (Å²) in [4.78, 5) is 13.5. The van der Waals surface area contributed by atoms with Crippen molar-refractivity contribution in [3.63, 3.8) is 0 Å². The second-order valence-corrected chi connectivity index (χ2v) is 5.61. The first kappa shape index (κ1) is 12.5. The van der Waals surface area contributed by atoms with Gasteiger partial charge < -0.3 is 16.4 Å². The lowest BCUT2D eigenvalue weighted by Gasteiger charge is -2.34. The van der Waals surface area contributed by atoms with Crippen molar-refractivity contribution in [3.8, 4) is 0 Å². The van der Waals surface area contributed by atoms with Crippen LogP contribution in [0.2, 0.25) is 0 Å². The Hall–Kier alpha value is -0.610. The molecule has 0 spiro atoms. The van der Waals surface area contributed by atoms with E-state index in [0.717, 1.165) is 19.4 Å². The van der Waals surface area contributed by atoms with Gasteiger partial charge in [-0.15, -0.1) is 0 Å². The minimum absolute atomic E-state index is 0.0547. The van der Waals surface area contributed by atoms with Crippen LogP contribution >= 0.6 is 0 Å². The second kappa shape index (κ2) is 4.10. The molecule has 4 nitrogen and oxygen atoms in total. The van der Waals surface area contributed by atoms with E-state index >= 15 is 0 Å². The van der Waals surface area contributed by atoms with E-state index in [-0.39, 0.29) is 11.3 Å². The van der Waals surface area contributed by atoms with Gasteiger partial charge in [0.15, 0.2) is 0 Å². The Balaban J connectivity index is 2.87. The Morgan fingerprint density at radius 1 is 1.47 bits per heavy atom. The third kappa shape index (κ3) is 3.18. The highest BCUT2D eigenvalue weighted by atomic mass is 16.2. The van der Waals surface area contributed by atoms with Gasteiger partial charge in [-0.05, 0) is 31.7 Å². The van der Waals surface area contributed by atoms with Gasteiger partial charge in [0.1, 0.15) is 0 Å². The Kier molecular flexibility index (Phi) is 3.41. The summed E-state index contributed by atoms with van der Waals surface area (Å²) in [5, 5.41) is 0. The van der Waals surface area contributed by atoms with E-state index in [0.29, 0.717) is 13.0 Å². The lowest BCUT2D eigenvalue weighted by atomic mass is 9.76. The van der Waals surface area contributed by atoms with E-state index in [4.69, 9.17) is 11.5 Å². The largest absolute Gasteiger partial charge is 0.345 e. The van der Waals surface area contributed by atoms with Gasteiger partial charge in [-0.2, -0.15) is 0 Å². The standard InChI is InChI=1S/C11H23N3O/c1-10(4-5-12)7-11(2,13)6-9(15)14(3)8-10/h4-8,12-13H2,1-3H3. The molecule has 0 bridgehead atoms. The third-order valence-corrected chi connectivity index (χ3v) is 3.18. The fraction of sp³-hybridized carbons (Fsp3) is 0.909. The molecule has 1 aliphatic rings. The molecule has 0 saturated carbocycles. The summed E-state index contributed by atoms with van der Waals surface area (Å²) in [6.45, 7) is 5.53. The van der Waals surface area contributed by atoms with Gasteiger partial charge in [-0.25, -0.2) is 0 Å². The number of carbonyl (C=O) groups excluding carboxylic acids is 1. The number of amides is 1. The normalized spacial score (nSPS) is 37.9. The predicted molar refractivity (Wildman–Crippen MR) is 61.2 cm³/mol. The first-order valence-electron chi connectivity index (χ1n) is 5.51. The number of hydrogen-bond donors (Lipinski definition) is 2. The molecule has 1 saturated heterocycles. The van der Waals surface area contributed by atoms with Crippen molar-refractivity contribution in [3.05, 3.63) is 0 Å². The fourth-order valence-corrected chi connectivity index (χ4v) is 2.75. The minimum atomic E-state index is -0.397. The molecular formula is C11H23N3O. The van der Waals surface area contributed by atoms with Crippen molar-refractivity contribution >= 4 is 5.91 Å². The highest BCUT2D eigenvalue weighted by molar-refractivity contribution is 5.77. The van der Waals surface area contributed by atoms with Crippen molar-refractivity contribution in [1.82, 2.24) is 4.90 Å². The highest BCUT2D eigenvalue weighted by Gasteiger charge is 2.39. The molecule has 0 radical (unpaired) electrons. The van der Waals surface area contributed by atoms with Gasteiger partial charge in [-0.1, -0.05) is 6.92 Å². The molecule has 0 aromatic heterocycles. The fourth-order valence-electron chi connectivity index (χ4n) is 2.75. The van der Waals surface area contributed by atoms with Crippen molar-refractivity contribution in [2.24, 2.45) is 16.9 Å². The summed E-state index contributed by atoms with van der Waals surface area (Å²) in [5.41, 5.74) is 11.4. The van der Waals surface area contributed by atoms with Crippen molar-refractivity contribution in [2.75, 3.05) is 20.1 Å². The Labute approximate surface area is 92.0 Å². The molecule has 1 rings (SSSR count). The Morgan fingerprint density at radius 3 is 2.60 bits per heavy atom. The van der Waals surface area contributed by atoms with E-state index in [1.807, 2.05) is 14.0 Å². The van der Waals surface area contributed by atoms with Crippen LogP contribution in [0.15, 0.2) is 0 Å². The first-order valence-corrected chi connectivity index (χ1v) is 5.51. The van der Waals surface area contributed by atoms with Gasteiger partial charge in [0.2, 0.25) is 5.91 Å². The Bertz CT molecular complexity index is 252. The number of nitrogens with zero attached hydrogens (tertiary/aromatic N) is 1. The number of rotatable bonds is 2. The number of hydrogen-bond acceptors (Lipinski definition) is 3. The predicted octanol–water partition coefficient (Wildman–Crippen LogP) is 0.311. The summed E-state index contributed by atoms with van der Waals surface area (Å²) in [6.07, 6.45) is 2.20. The molecule has 1 fully saturated rings. The maximum absolute atomic E-state index is 11.7. The van der Waals surface area contributed by atoms with Crippen LogP contribution in [0.3, 0.4) is 0 Å². The summed E-state index contributed by atoms with van der Waals surface area (Å²) in [7, 11) is 1.85. The maximum atomic E-state index is 11.7. The summed E-state index contributed by atoms with van der Waals surface area (Å²) in [5.74, 6) is 0.140. The van der Waals surface area contributed by atoms with Crippen molar-refractivity contribution in [1.29, 1.82) is 0 Å². The van der Waals surface area contributed by atoms with Crippen LogP contribution in [0.4, 0.5) is 0 Å². The van der Waals surface area contributed by atoms with Crippen molar-refractivity contribution < 1.29 is 4.79 Å². The molecule has 0 aliphatic carbocycles. The minimum Gasteiger partial charge on any atom is -0.345 e. The van der Waals surface area contributed by atoms with Gasteiger partial charge in [0, 0.05) is 25.6 Å². The zero-order valence-corrected chi connectivity index (χ0v) is 10.0. The van der Waals surface area contributed by atoms with Gasteiger partial charge >= 0.3 is 0 Å². The van der Waals surface area contributed by atoms with Gasteiger partial charge in [0.05, 0.1) is 0 Å². The van der Waals surface area contributed by atoms with E-state index in [1.165, 1.54) is 0 Å². The lowest BCUT2D eigenvalue weighted by Crippen LogP contribution is -2.42. The zero-order chi connectivity index (χ0) is 11.7. The van der Waals surface area contributed by atoms with E-state index in [9.17, 15) is 4.79 Å². The molecule has 4 N–H and O–H groups in total. The summed E-state index contributed by atoms with van der Waals surface area (Å²) >= 11 is 0. The van der Waals surface area contributed by atoms with E-state index < -0.39 is 5.54 Å². The molecule has 88 valence electrons. The SMILES string of the molecule is CN1CC(C)(CCN)CC(C)(N)CC1=O. The monoisotopic (exact) mass is 213 g/mol. The molecule has 2 unspecified atom stereocenters. The molecular weight excluding hydrogens is 190 g/mol. The number of nitrogens with two attached hydrogens (primary N) is 2. The molecule has 1 amide bonds. The average Bonchev–Trinajstić information content (AvgIpc) is 2.06. The van der Waals surface area contributed by atoms with Crippen molar-refractivity contribution in [2.45, 2.75) is 38.6 Å². The van der Waals surface area contributed by atoms with Gasteiger partial charge in [-0.3, -0.25) is 4.79 Å². The van der Waals surface area contributed by atoms with Crippen LogP contribution in [0.1, 0.15) is 33.1 Å². The van der Waals surface area contributed by atoms with E-state index in [2.05, 4.69) is 6.92 Å². The van der Waals surface area contributed by atoms with Crippen LogP contribution in [0.5, 0.6) is 0 Å². The van der Waals surface area contributed by atoms with Crippen LogP contribution in [0.25, 0.3) is 0 Å². The molecule has 15 heavy (non-hydrogen) atoms. The smallest absolute Gasteiger partial charge is 0.224 e. The highest BCUT2D eigenvalue weighted by Crippen LogP contribution is 2.35. The summed E-state index contributed by atoms with van der Waals surface area (Å²) in [6, 6.07) is 0. The zero-order valence-electron chi connectivity index (χ0n) is 10.0. The molecule has 0 aromatic carbocycles. The van der Waals surface area contributed by atoms with E-state index in [1.54, 1.807) is 4.90 Å². The molecule has 1 aliphatic heterocycles. The summed E-state index contributed by atoms with van der Waals surface area (Å²) < 4.78 is 0. The topological polar surface area (TPSA) is 72.3 Å². The molecule has 1 heterocycles. The van der Waals surface area contributed by atoms with Crippen LogP contribution in [-0.4, -0.2) is 36.5 Å². The molecule has 0 aromatic rings. The van der Waals surface area contributed by atoms with Crippen LogP contribution in [-0.2, 0) is 4.79 Å².